The van der Waals surface area contributed by atoms with Crippen molar-refractivity contribution in [2.75, 3.05) is 6.61 Å². The molecule has 0 N–H and O–H groups in total. The van der Waals surface area contributed by atoms with Gasteiger partial charge >= 0.3 is 5.97 Å². The Labute approximate surface area is 119 Å². The molecule has 0 aliphatic rings. The van der Waals surface area contributed by atoms with E-state index in [9.17, 15) is 13.6 Å². The zero-order valence-electron chi connectivity index (χ0n) is 10.9. The Kier molecular flexibility index (Phi) is 4.79. The normalized spacial score (nSPS) is 10.6. The van der Waals surface area contributed by atoms with Crippen LogP contribution in [-0.4, -0.2) is 17.6 Å². The molecule has 20 heavy (non-hydrogen) atoms. The maximum Gasteiger partial charge on any atom is 0.311 e. The average molecular weight is 297 g/mol. The third-order valence-electron chi connectivity index (χ3n) is 2.51. The fourth-order valence-electron chi connectivity index (χ4n) is 1.76. The van der Waals surface area contributed by atoms with E-state index in [-0.39, 0.29) is 12.4 Å². The van der Waals surface area contributed by atoms with Crippen LogP contribution < -0.4 is 0 Å². The Morgan fingerprint density at radius 3 is 2.65 bits per heavy atom. The Balaban J connectivity index is 2.03. The molecule has 106 valence electrons. The summed E-state index contributed by atoms with van der Waals surface area (Å²) in [7, 11) is 0. The van der Waals surface area contributed by atoms with Crippen molar-refractivity contribution in [3.05, 3.63) is 51.5 Å². The predicted molar refractivity (Wildman–Crippen MR) is 71.6 cm³/mol. The van der Waals surface area contributed by atoms with Crippen molar-refractivity contribution in [1.29, 1.82) is 0 Å². The zero-order valence-corrected chi connectivity index (χ0v) is 11.7. The summed E-state index contributed by atoms with van der Waals surface area (Å²) >= 11 is 1.35. The summed E-state index contributed by atoms with van der Waals surface area (Å²) in [4.78, 5) is 15.6. The lowest BCUT2D eigenvalue weighted by molar-refractivity contribution is -0.142. The Morgan fingerprint density at radius 2 is 2.00 bits per heavy atom. The van der Waals surface area contributed by atoms with Crippen molar-refractivity contribution >= 4 is 17.3 Å². The van der Waals surface area contributed by atoms with Crippen molar-refractivity contribution in [2.24, 2.45) is 0 Å². The monoisotopic (exact) mass is 297 g/mol. The van der Waals surface area contributed by atoms with Gasteiger partial charge in [0.25, 0.3) is 0 Å². The molecule has 2 aromatic rings. The van der Waals surface area contributed by atoms with Crippen LogP contribution in [0.3, 0.4) is 0 Å². The number of thiazole rings is 1. The number of hydrogen-bond donors (Lipinski definition) is 0. The molecule has 0 saturated heterocycles. The lowest BCUT2D eigenvalue weighted by atomic mass is 10.1. The fraction of sp³-hybridized carbons (Fsp3) is 0.286. The van der Waals surface area contributed by atoms with Crippen LogP contribution in [0.25, 0.3) is 0 Å². The summed E-state index contributed by atoms with van der Waals surface area (Å²) in [5, 5.41) is 2.45. The van der Waals surface area contributed by atoms with Crippen molar-refractivity contribution in [3.63, 3.8) is 0 Å². The molecule has 1 aromatic heterocycles. The number of rotatable bonds is 5. The standard InChI is InChI=1S/C14H13F2NO2S/c1-2-19-14(18)7-12-8-20-13(17-12)5-9-3-10(15)6-11(16)4-9/h3-4,6,8H,2,5,7H2,1H3. The summed E-state index contributed by atoms with van der Waals surface area (Å²) in [6.07, 6.45) is 0.448. The largest absolute Gasteiger partial charge is 0.466 e. The minimum Gasteiger partial charge on any atom is -0.466 e. The first-order chi connectivity index (χ1) is 9.56. The molecule has 0 atom stereocenters. The number of carbonyl (C=O) groups is 1. The lowest BCUT2D eigenvalue weighted by Crippen LogP contribution is -2.07. The minimum atomic E-state index is -0.608. The van der Waals surface area contributed by atoms with Crippen LogP contribution in [0.4, 0.5) is 8.78 Å². The number of nitrogens with zero attached hydrogens (tertiary/aromatic N) is 1. The second-order valence-electron chi connectivity index (χ2n) is 4.17. The van der Waals surface area contributed by atoms with Gasteiger partial charge < -0.3 is 4.74 Å². The van der Waals surface area contributed by atoms with Crippen molar-refractivity contribution in [3.8, 4) is 0 Å². The van der Waals surface area contributed by atoms with Gasteiger partial charge in [-0.2, -0.15) is 0 Å². The van der Waals surface area contributed by atoms with Crippen LogP contribution in [0.5, 0.6) is 0 Å². The van der Waals surface area contributed by atoms with Gasteiger partial charge in [-0.1, -0.05) is 0 Å². The number of benzene rings is 1. The molecule has 0 fully saturated rings. The van der Waals surface area contributed by atoms with Gasteiger partial charge in [0, 0.05) is 17.9 Å². The van der Waals surface area contributed by atoms with Gasteiger partial charge in [0.05, 0.1) is 23.7 Å². The topological polar surface area (TPSA) is 39.2 Å². The van der Waals surface area contributed by atoms with Crippen molar-refractivity contribution in [1.82, 2.24) is 4.98 Å². The van der Waals surface area contributed by atoms with Crippen LogP contribution in [0.1, 0.15) is 23.2 Å². The molecule has 0 amide bonds. The van der Waals surface area contributed by atoms with Gasteiger partial charge in [-0.25, -0.2) is 13.8 Å². The Bertz CT molecular complexity index is 593. The first-order valence-corrected chi connectivity index (χ1v) is 6.98. The maximum atomic E-state index is 13.1. The number of aromatic nitrogens is 1. The van der Waals surface area contributed by atoms with Gasteiger partial charge in [0.2, 0.25) is 0 Å². The first-order valence-electron chi connectivity index (χ1n) is 6.10. The van der Waals surface area contributed by atoms with E-state index in [1.807, 2.05) is 0 Å². The molecular formula is C14H13F2NO2S. The molecule has 0 aliphatic heterocycles. The highest BCUT2D eigenvalue weighted by Crippen LogP contribution is 2.17. The minimum absolute atomic E-state index is 0.113. The van der Waals surface area contributed by atoms with Crippen LogP contribution >= 0.6 is 11.3 Å². The summed E-state index contributed by atoms with van der Waals surface area (Å²) in [6.45, 7) is 2.07. The first kappa shape index (κ1) is 14.6. The highest BCUT2D eigenvalue weighted by atomic mass is 32.1. The van der Waals surface area contributed by atoms with Gasteiger partial charge in [0.1, 0.15) is 11.6 Å². The molecule has 1 aromatic carbocycles. The number of carbonyl (C=O) groups excluding carboxylic acids is 1. The average Bonchev–Trinajstić information content (AvgIpc) is 2.75. The fourth-order valence-corrected chi connectivity index (χ4v) is 2.59. The lowest BCUT2D eigenvalue weighted by Gasteiger charge is -2.00. The third-order valence-corrected chi connectivity index (χ3v) is 3.41. The molecule has 0 spiro atoms. The molecule has 0 saturated carbocycles. The van der Waals surface area contributed by atoms with E-state index in [4.69, 9.17) is 4.74 Å². The number of halogens is 2. The number of ether oxygens (including phenoxy) is 1. The quantitative estimate of drug-likeness (QED) is 0.796. The smallest absolute Gasteiger partial charge is 0.311 e. The second kappa shape index (κ2) is 6.56. The highest BCUT2D eigenvalue weighted by molar-refractivity contribution is 7.09. The Morgan fingerprint density at radius 1 is 1.30 bits per heavy atom. The van der Waals surface area contributed by atoms with E-state index in [1.165, 1.54) is 23.5 Å². The van der Waals surface area contributed by atoms with Gasteiger partial charge in [0.15, 0.2) is 0 Å². The molecule has 0 bridgehead atoms. The molecule has 0 unspecified atom stereocenters. The van der Waals surface area contributed by atoms with Crippen molar-refractivity contribution < 1.29 is 18.3 Å². The van der Waals surface area contributed by atoms with Crippen LogP contribution in [0.2, 0.25) is 0 Å². The Hall–Kier alpha value is -1.82. The zero-order chi connectivity index (χ0) is 14.5. The summed E-state index contributed by atoms with van der Waals surface area (Å²) in [5.41, 5.74) is 1.12. The molecule has 0 aliphatic carbocycles. The van der Waals surface area contributed by atoms with Crippen LogP contribution in [-0.2, 0) is 22.4 Å². The third kappa shape index (κ3) is 4.09. The molecule has 1 heterocycles. The number of hydrogen-bond acceptors (Lipinski definition) is 4. The van der Waals surface area contributed by atoms with E-state index in [2.05, 4.69) is 4.98 Å². The maximum absolute atomic E-state index is 13.1. The van der Waals surface area contributed by atoms with E-state index in [0.717, 1.165) is 6.07 Å². The second-order valence-corrected chi connectivity index (χ2v) is 5.11. The number of esters is 1. The van der Waals surface area contributed by atoms with Crippen LogP contribution in [0, 0.1) is 11.6 Å². The van der Waals surface area contributed by atoms with Gasteiger partial charge in [-0.05, 0) is 24.6 Å². The van der Waals surface area contributed by atoms with Gasteiger partial charge in [-0.3, -0.25) is 4.79 Å². The summed E-state index contributed by atoms with van der Waals surface area (Å²) in [5.74, 6) is -1.55. The van der Waals surface area contributed by atoms with Crippen molar-refractivity contribution in [2.45, 2.75) is 19.8 Å². The molecule has 2 rings (SSSR count). The SMILES string of the molecule is CCOC(=O)Cc1csc(Cc2cc(F)cc(F)c2)n1. The highest BCUT2D eigenvalue weighted by Gasteiger charge is 2.09. The molecule has 0 radical (unpaired) electrons. The van der Waals surface area contributed by atoms with Gasteiger partial charge in [-0.15, -0.1) is 11.3 Å². The molecule has 3 nitrogen and oxygen atoms in total. The molecular weight excluding hydrogens is 284 g/mol. The van der Waals surface area contributed by atoms with E-state index < -0.39 is 11.6 Å². The van der Waals surface area contributed by atoms with Crippen LogP contribution in [0.15, 0.2) is 23.6 Å². The summed E-state index contributed by atoms with van der Waals surface area (Å²) < 4.78 is 31.0. The van der Waals surface area contributed by atoms with E-state index in [1.54, 1.807) is 12.3 Å². The molecule has 6 heteroatoms. The van der Waals surface area contributed by atoms with E-state index >= 15 is 0 Å². The van der Waals surface area contributed by atoms with E-state index in [0.29, 0.717) is 29.3 Å². The predicted octanol–water partition coefficient (Wildman–Crippen LogP) is 3.12. The summed E-state index contributed by atoms with van der Waals surface area (Å²) in [6, 6.07) is 3.38.